The molecule has 3 N–H and O–H groups in total. The minimum Gasteiger partial charge on any atom is -0.497 e. The highest BCUT2D eigenvalue weighted by Gasteiger charge is 2.21. The molecule has 3 aromatic rings. The summed E-state index contributed by atoms with van der Waals surface area (Å²) in [6.45, 7) is 2.03. The lowest BCUT2D eigenvalue weighted by molar-refractivity contribution is 0.390. The van der Waals surface area contributed by atoms with Crippen LogP contribution in [-0.4, -0.2) is 22.6 Å². The monoisotopic (exact) mass is 418 g/mol. The Balaban J connectivity index is 1.94. The first-order valence-electron chi connectivity index (χ1n) is 8.49. The van der Waals surface area contributed by atoms with Gasteiger partial charge in [-0.3, -0.25) is 0 Å². The van der Waals surface area contributed by atoms with Gasteiger partial charge in [0.1, 0.15) is 11.5 Å². The van der Waals surface area contributed by atoms with Gasteiger partial charge in [-0.2, -0.15) is 11.3 Å². The van der Waals surface area contributed by atoms with Crippen LogP contribution in [0.3, 0.4) is 0 Å². The van der Waals surface area contributed by atoms with Gasteiger partial charge in [-0.25, -0.2) is 13.1 Å². The lowest BCUT2D eigenvalue weighted by Gasteiger charge is -2.14. The number of ether oxygens (including phenoxy) is 2. The van der Waals surface area contributed by atoms with Gasteiger partial charge in [0.25, 0.3) is 0 Å². The quantitative estimate of drug-likeness (QED) is 0.570. The Morgan fingerprint density at radius 2 is 1.82 bits per heavy atom. The zero-order valence-electron chi connectivity index (χ0n) is 15.9. The van der Waals surface area contributed by atoms with Crippen LogP contribution in [0, 0.1) is 6.92 Å². The van der Waals surface area contributed by atoms with Gasteiger partial charge in [-0.1, -0.05) is 12.1 Å². The molecule has 8 heteroatoms. The Kier molecular flexibility index (Phi) is 5.93. The smallest absolute Gasteiger partial charge is 0.241 e. The van der Waals surface area contributed by atoms with Crippen molar-refractivity contribution in [2.75, 3.05) is 20.0 Å². The van der Waals surface area contributed by atoms with Crippen molar-refractivity contribution in [2.45, 2.75) is 18.4 Å². The molecule has 3 rings (SSSR count). The summed E-state index contributed by atoms with van der Waals surface area (Å²) in [4.78, 5) is 0.154. The van der Waals surface area contributed by atoms with Crippen molar-refractivity contribution in [3.8, 4) is 22.6 Å². The van der Waals surface area contributed by atoms with Crippen molar-refractivity contribution < 1.29 is 17.9 Å². The first-order chi connectivity index (χ1) is 13.4. The third-order valence-corrected chi connectivity index (χ3v) is 6.69. The van der Waals surface area contributed by atoms with E-state index in [4.69, 9.17) is 15.2 Å². The Morgan fingerprint density at radius 3 is 2.46 bits per heavy atom. The number of thiophene rings is 1. The molecule has 0 aliphatic heterocycles. The maximum Gasteiger partial charge on any atom is 0.241 e. The van der Waals surface area contributed by atoms with Crippen LogP contribution in [0.15, 0.2) is 52.1 Å². The Hall–Kier alpha value is -2.55. The van der Waals surface area contributed by atoms with E-state index < -0.39 is 10.0 Å². The molecule has 6 nitrogen and oxygen atoms in total. The van der Waals surface area contributed by atoms with Gasteiger partial charge in [0.2, 0.25) is 10.0 Å². The third-order valence-electron chi connectivity index (χ3n) is 4.39. The van der Waals surface area contributed by atoms with E-state index in [1.165, 1.54) is 24.5 Å². The van der Waals surface area contributed by atoms with Crippen molar-refractivity contribution in [3.63, 3.8) is 0 Å². The second-order valence-electron chi connectivity index (χ2n) is 6.23. The molecule has 28 heavy (non-hydrogen) atoms. The lowest BCUT2D eigenvalue weighted by atomic mass is 10.1. The summed E-state index contributed by atoms with van der Waals surface area (Å²) in [7, 11) is -0.717. The maximum absolute atomic E-state index is 13.1. The number of hydrogen-bond donors (Lipinski definition) is 2. The summed E-state index contributed by atoms with van der Waals surface area (Å²) in [5, 5.41) is 3.92. The predicted octanol–water partition coefficient (Wildman–Crippen LogP) is 3.80. The fourth-order valence-electron chi connectivity index (χ4n) is 2.87. The van der Waals surface area contributed by atoms with Gasteiger partial charge in [0, 0.05) is 29.4 Å². The van der Waals surface area contributed by atoms with E-state index in [1.54, 1.807) is 37.4 Å². The number of nitrogens with two attached hydrogens (primary N) is 1. The summed E-state index contributed by atoms with van der Waals surface area (Å²) in [5.74, 6) is 1.18. The second kappa shape index (κ2) is 8.22. The molecule has 0 aliphatic carbocycles. The van der Waals surface area contributed by atoms with E-state index in [9.17, 15) is 8.42 Å². The number of hydrogen-bond acceptors (Lipinski definition) is 6. The van der Waals surface area contributed by atoms with E-state index in [0.717, 1.165) is 11.1 Å². The lowest BCUT2D eigenvalue weighted by Crippen LogP contribution is -2.24. The number of sulfonamides is 1. The first kappa shape index (κ1) is 20.2. The van der Waals surface area contributed by atoms with Crippen LogP contribution in [0.1, 0.15) is 11.1 Å². The molecular weight excluding hydrogens is 396 g/mol. The summed E-state index contributed by atoms with van der Waals surface area (Å²) in [6, 6.07) is 10.2. The van der Waals surface area contributed by atoms with Crippen LogP contribution < -0.4 is 19.9 Å². The number of nitrogens with one attached hydrogen (secondary N) is 1. The molecule has 148 valence electrons. The molecule has 0 unspecified atom stereocenters. The van der Waals surface area contributed by atoms with Gasteiger partial charge in [0.05, 0.1) is 19.1 Å². The molecule has 0 amide bonds. The van der Waals surface area contributed by atoms with Gasteiger partial charge >= 0.3 is 0 Å². The molecule has 0 bridgehead atoms. The molecule has 0 atom stereocenters. The highest BCUT2D eigenvalue weighted by molar-refractivity contribution is 7.89. The van der Waals surface area contributed by atoms with Crippen LogP contribution in [0.25, 0.3) is 11.1 Å². The van der Waals surface area contributed by atoms with Crippen molar-refractivity contribution in [2.24, 2.45) is 0 Å². The largest absolute Gasteiger partial charge is 0.497 e. The topological polar surface area (TPSA) is 90.7 Å². The van der Waals surface area contributed by atoms with Crippen LogP contribution in [0.5, 0.6) is 11.5 Å². The highest BCUT2D eigenvalue weighted by Crippen LogP contribution is 2.33. The molecule has 1 heterocycles. The maximum atomic E-state index is 13.1. The normalized spacial score (nSPS) is 11.4. The third kappa shape index (κ3) is 4.14. The van der Waals surface area contributed by atoms with Crippen LogP contribution in [0.2, 0.25) is 0 Å². The van der Waals surface area contributed by atoms with E-state index >= 15 is 0 Å². The first-order valence-corrected chi connectivity index (χ1v) is 10.9. The summed E-state index contributed by atoms with van der Waals surface area (Å²) in [6.07, 6.45) is 0. The molecule has 0 spiro atoms. The minimum atomic E-state index is -3.81. The van der Waals surface area contributed by atoms with Crippen molar-refractivity contribution >= 4 is 27.0 Å². The summed E-state index contributed by atoms with van der Waals surface area (Å²) >= 11 is 1.53. The van der Waals surface area contributed by atoms with Crippen molar-refractivity contribution in [1.29, 1.82) is 0 Å². The number of rotatable bonds is 7. The molecule has 0 aliphatic rings. The molecular formula is C20H22N2O4S2. The average molecular weight is 419 g/mol. The summed E-state index contributed by atoms with van der Waals surface area (Å²) in [5.41, 5.74) is 9.49. The number of benzene rings is 2. The molecule has 0 radical (unpaired) electrons. The fraction of sp³-hybridized carbons (Fsp3) is 0.200. The van der Waals surface area contributed by atoms with E-state index in [0.29, 0.717) is 28.3 Å². The van der Waals surface area contributed by atoms with Gasteiger partial charge in [0.15, 0.2) is 0 Å². The Bertz CT molecular complexity index is 1090. The van der Waals surface area contributed by atoms with Crippen LogP contribution >= 0.6 is 11.3 Å². The highest BCUT2D eigenvalue weighted by atomic mass is 32.2. The molecule has 0 fully saturated rings. The average Bonchev–Trinajstić information content (AvgIpc) is 3.12. The van der Waals surface area contributed by atoms with Gasteiger partial charge in [-0.05, 0) is 47.0 Å². The fourth-order valence-corrected chi connectivity index (χ4v) is 4.98. The van der Waals surface area contributed by atoms with E-state index in [-0.39, 0.29) is 11.4 Å². The SMILES string of the molecule is COc1ccc(CNS(=O)(=O)c2cc(N)ccc2-c2cscc2C)c(OC)c1. The second-order valence-corrected chi connectivity index (χ2v) is 8.71. The zero-order chi connectivity index (χ0) is 20.3. The standard InChI is InChI=1S/C20H22N2O4S2/c1-13-11-27-12-18(13)17-7-5-15(21)8-20(17)28(23,24)22-10-14-4-6-16(25-2)9-19(14)26-3/h4-9,11-12,22H,10,21H2,1-3H3. The molecule has 2 aromatic carbocycles. The Morgan fingerprint density at radius 1 is 1.04 bits per heavy atom. The predicted molar refractivity (Wildman–Crippen MR) is 112 cm³/mol. The van der Waals surface area contributed by atoms with Crippen LogP contribution in [0.4, 0.5) is 5.69 Å². The number of aryl methyl sites for hydroxylation is 1. The molecule has 1 aromatic heterocycles. The molecule has 0 saturated carbocycles. The Labute approximate surface area is 169 Å². The number of nitrogen functional groups attached to an aromatic ring is 1. The summed E-state index contributed by atoms with van der Waals surface area (Å²) < 4.78 is 39.3. The van der Waals surface area contributed by atoms with Crippen molar-refractivity contribution in [1.82, 2.24) is 4.72 Å². The number of methoxy groups -OCH3 is 2. The zero-order valence-corrected chi connectivity index (χ0v) is 17.5. The van der Waals surface area contributed by atoms with Crippen molar-refractivity contribution in [3.05, 3.63) is 58.3 Å². The molecule has 0 saturated heterocycles. The minimum absolute atomic E-state index is 0.0758. The number of anilines is 1. The van der Waals surface area contributed by atoms with Crippen LogP contribution in [-0.2, 0) is 16.6 Å². The van der Waals surface area contributed by atoms with E-state index in [1.807, 2.05) is 17.7 Å². The van der Waals surface area contributed by atoms with Gasteiger partial charge in [-0.15, -0.1) is 0 Å². The van der Waals surface area contributed by atoms with E-state index in [2.05, 4.69) is 4.72 Å². The van der Waals surface area contributed by atoms with Gasteiger partial charge < -0.3 is 15.2 Å².